The van der Waals surface area contributed by atoms with Gasteiger partial charge in [0.15, 0.2) is 0 Å². The summed E-state index contributed by atoms with van der Waals surface area (Å²) in [6, 6.07) is 11.6. The molecule has 0 saturated carbocycles. The monoisotopic (exact) mass is 448 g/mol. The van der Waals surface area contributed by atoms with Crippen LogP contribution in [0, 0.1) is 0 Å². The highest BCUT2D eigenvalue weighted by atomic mass is 32.2. The van der Waals surface area contributed by atoms with E-state index in [1.807, 2.05) is 25.0 Å². The molecule has 6 nitrogen and oxygen atoms in total. The van der Waals surface area contributed by atoms with Crippen molar-refractivity contribution in [3.8, 4) is 5.75 Å². The number of likely N-dealkylation sites (tertiary alicyclic amines) is 1. The summed E-state index contributed by atoms with van der Waals surface area (Å²) in [5.74, 6) is 0.479. The minimum atomic E-state index is -3.86. The molecular formula is C22H28N2O4S2. The summed E-state index contributed by atoms with van der Waals surface area (Å²) in [5, 5.41) is 0. The van der Waals surface area contributed by atoms with Crippen molar-refractivity contribution in [3.63, 3.8) is 0 Å². The number of benzene rings is 2. The lowest BCUT2D eigenvalue weighted by molar-refractivity contribution is 0.0720. The zero-order valence-electron chi connectivity index (χ0n) is 17.6. The van der Waals surface area contributed by atoms with Crippen LogP contribution in [0.4, 0.5) is 5.69 Å². The van der Waals surface area contributed by atoms with Crippen LogP contribution in [0.15, 0.2) is 52.3 Å². The molecule has 1 fully saturated rings. The SMILES string of the molecule is CSc1ccc(S(=O)(=O)Nc2cccc(OC(C)C)c2)cc1C(=O)N1CCCCC1. The van der Waals surface area contributed by atoms with E-state index < -0.39 is 10.0 Å². The minimum Gasteiger partial charge on any atom is -0.491 e. The van der Waals surface area contributed by atoms with Crippen LogP contribution in [0.25, 0.3) is 0 Å². The Hall–Kier alpha value is -2.19. The van der Waals surface area contributed by atoms with Gasteiger partial charge in [-0.05, 0) is 69.7 Å². The maximum atomic E-state index is 13.0. The van der Waals surface area contributed by atoms with Crippen molar-refractivity contribution < 1.29 is 17.9 Å². The highest BCUT2D eigenvalue weighted by Gasteiger charge is 2.24. The van der Waals surface area contributed by atoms with Gasteiger partial charge < -0.3 is 9.64 Å². The molecule has 0 aromatic heterocycles. The summed E-state index contributed by atoms with van der Waals surface area (Å²) in [6.07, 6.45) is 4.95. The van der Waals surface area contributed by atoms with Crippen LogP contribution in [-0.2, 0) is 10.0 Å². The molecule has 0 atom stereocenters. The Morgan fingerprint density at radius 1 is 1.10 bits per heavy atom. The van der Waals surface area contributed by atoms with Crippen LogP contribution in [0.5, 0.6) is 5.75 Å². The average molecular weight is 449 g/mol. The predicted molar refractivity (Wildman–Crippen MR) is 121 cm³/mol. The molecular weight excluding hydrogens is 420 g/mol. The summed E-state index contributed by atoms with van der Waals surface area (Å²) in [7, 11) is -3.86. The van der Waals surface area contributed by atoms with Crippen molar-refractivity contribution in [1.29, 1.82) is 0 Å². The topological polar surface area (TPSA) is 75.7 Å². The van der Waals surface area contributed by atoms with Crippen LogP contribution in [0.3, 0.4) is 0 Å². The molecule has 1 heterocycles. The van der Waals surface area contributed by atoms with E-state index in [-0.39, 0.29) is 16.9 Å². The quantitative estimate of drug-likeness (QED) is 0.626. The second-order valence-electron chi connectivity index (χ2n) is 7.51. The Bertz CT molecular complexity index is 1000. The summed E-state index contributed by atoms with van der Waals surface area (Å²) < 4.78 is 34.2. The van der Waals surface area contributed by atoms with Gasteiger partial charge in [-0.2, -0.15) is 0 Å². The molecule has 0 radical (unpaired) electrons. The summed E-state index contributed by atoms with van der Waals surface area (Å²) in [5.41, 5.74) is 0.843. The number of carbonyl (C=O) groups is 1. The molecule has 0 unspecified atom stereocenters. The molecule has 8 heteroatoms. The number of ether oxygens (including phenoxy) is 1. The lowest BCUT2D eigenvalue weighted by Crippen LogP contribution is -2.36. The Balaban J connectivity index is 1.88. The van der Waals surface area contributed by atoms with E-state index in [0.29, 0.717) is 30.1 Å². The number of nitrogens with one attached hydrogen (secondary N) is 1. The number of hydrogen-bond donors (Lipinski definition) is 1. The summed E-state index contributed by atoms with van der Waals surface area (Å²) in [6.45, 7) is 5.24. The van der Waals surface area contributed by atoms with Crippen molar-refractivity contribution in [2.24, 2.45) is 0 Å². The Morgan fingerprint density at radius 3 is 2.50 bits per heavy atom. The smallest absolute Gasteiger partial charge is 0.261 e. The van der Waals surface area contributed by atoms with Crippen molar-refractivity contribution in [1.82, 2.24) is 4.90 Å². The van der Waals surface area contributed by atoms with E-state index in [2.05, 4.69) is 4.72 Å². The van der Waals surface area contributed by atoms with E-state index in [9.17, 15) is 13.2 Å². The molecule has 162 valence electrons. The number of rotatable bonds is 7. The van der Waals surface area contributed by atoms with E-state index >= 15 is 0 Å². The largest absolute Gasteiger partial charge is 0.491 e. The van der Waals surface area contributed by atoms with Crippen LogP contribution >= 0.6 is 11.8 Å². The second kappa shape index (κ2) is 9.75. The number of hydrogen-bond acceptors (Lipinski definition) is 5. The first-order chi connectivity index (χ1) is 14.3. The second-order valence-corrected chi connectivity index (χ2v) is 10.0. The normalized spacial score (nSPS) is 14.6. The molecule has 1 saturated heterocycles. The molecule has 2 aromatic rings. The fourth-order valence-electron chi connectivity index (χ4n) is 3.41. The van der Waals surface area contributed by atoms with Gasteiger partial charge in [-0.15, -0.1) is 11.8 Å². The first kappa shape index (κ1) is 22.5. The van der Waals surface area contributed by atoms with E-state index in [0.717, 1.165) is 24.2 Å². The van der Waals surface area contributed by atoms with Crippen LogP contribution in [0.2, 0.25) is 0 Å². The Kier molecular flexibility index (Phi) is 7.31. The molecule has 0 aliphatic carbocycles. The number of sulfonamides is 1. The zero-order chi connectivity index (χ0) is 21.7. The number of anilines is 1. The zero-order valence-corrected chi connectivity index (χ0v) is 19.2. The molecule has 1 aliphatic heterocycles. The maximum Gasteiger partial charge on any atom is 0.261 e. The van der Waals surface area contributed by atoms with Gasteiger partial charge in [0.05, 0.1) is 22.3 Å². The van der Waals surface area contributed by atoms with Crippen molar-refractivity contribution in [2.45, 2.75) is 49.0 Å². The molecule has 0 bridgehead atoms. The Labute approximate surface area is 183 Å². The van der Waals surface area contributed by atoms with Gasteiger partial charge >= 0.3 is 0 Å². The average Bonchev–Trinajstić information content (AvgIpc) is 2.73. The van der Waals surface area contributed by atoms with E-state index in [4.69, 9.17) is 4.74 Å². The maximum absolute atomic E-state index is 13.0. The van der Waals surface area contributed by atoms with Gasteiger partial charge in [0, 0.05) is 24.1 Å². The number of thioether (sulfide) groups is 1. The van der Waals surface area contributed by atoms with Crippen molar-refractivity contribution in [3.05, 3.63) is 48.0 Å². The number of carbonyl (C=O) groups excluding carboxylic acids is 1. The first-order valence-electron chi connectivity index (χ1n) is 10.1. The molecule has 2 aromatic carbocycles. The third-order valence-electron chi connectivity index (χ3n) is 4.81. The molecule has 3 rings (SSSR count). The summed E-state index contributed by atoms with van der Waals surface area (Å²) >= 11 is 1.44. The standard InChI is InChI=1S/C22H28N2O4S2/c1-16(2)28-18-9-7-8-17(14-18)23-30(26,27)19-10-11-21(29-3)20(15-19)22(25)24-12-5-4-6-13-24/h7-11,14-16,23H,4-6,12-13H2,1-3H3. The van der Waals surface area contributed by atoms with E-state index in [1.165, 1.54) is 23.9 Å². The molecule has 1 N–H and O–H groups in total. The van der Waals surface area contributed by atoms with Crippen LogP contribution in [-0.4, -0.2) is 44.7 Å². The van der Waals surface area contributed by atoms with Crippen LogP contribution in [0.1, 0.15) is 43.5 Å². The molecule has 0 spiro atoms. The third kappa shape index (κ3) is 5.49. The van der Waals surface area contributed by atoms with E-state index in [1.54, 1.807) is 30.3 Å². The fourth-order valence-corrected chi connectivity index (χ4v) is 5.05. The van der Waals surface area contributed by atoms with Gasteiger partial charge in [-0.1, -0.05) is 6.07 Å². The van der Waals surface area contributed by atoms with Gasteiger partial charge in [0.2, 0.25) is 0 Å². The minimum absolute atomic E-state index is 0.0145. The Morgan fingerprint density at radius 2 is 1.83 bits per heavy atom. The lowest BCUT2D eigenvalue weighted by atomic mass is 10.1. The third-order valence-corrected chi connectivity index (χ3v) is 6.99. The summed E-state index contributed by atoms with van der Waals surface area (Å²) in [4.78, 5) is 15.7. The van der Waals surface area contributed by atoms with Crippen molar-refractivity contribution in [2.75, 3.05) is 24.1 Å². The van der Waals surface area contributed by atoms with Gasteiger partial charge in [-0.25, -0.2) is 8.42 Å². The van der Waals surface area contributed by atoms with Gasteiger partial charge in [0.1, 0.15) is 5.75 Å². The highest BCUT2D eigenvalue weighted by Crippen LogP contribution is 2.28. The fraction of sp³-hybridized carbons (Fsp3) is 0.409. The highest BCUT2D eigenvalue weighted by molar-refractivity contribution is 7.98. The number of amides is 1. The van der Waals surface area contributed by atoms with Crippen molar-refractivity contribution >= 4 is 33.4 Å². The molecule has 30 heavy (non-hydrogen) atoms. The molecule has 1 aliphatic rings. The van der Waals surface area contributed by atoms with Gasteiger partial charge in [0.25, 0.3) is 15.9 Å². The number of piperidine rings is 1. The lowest BCUT2D eigenvalue weighted by Gasteiger charge is -2.27. The number of nitrogens with zero attached hydrogens (tertiary/aromatic N) is 1. The molecule has 1 amide bonds. The predicted octanol–water partition coefficient (Wildman–Crippen LogP) is 4.62. The van der Waals surface area contributed by atoms with Gasteiger partial charge in [-0.3, -0.25) is 9.52 Å². The van der Waals surface area contributed by atoms with Crippen LogP contribution < -0.4 is 9.46 Å². The first-order valence-corrected chi connectivity index (χ1v) is 12.8.